The molecule has 1 aromatic carbocycles. The average molecular weight is 311 g/mol. The van der Waals surface area contributed by atoms with Crippen molar-refractivity contribution < 1.29 is 18.4 Å². The third-order valence-corrected chi connectivity index (χ3v) is 3.48. The van der Waals surface area contributed by atoms with E-state index in [9.17, 15) is 18.4 Å². The molecule has 5 nitrogen and oxygen atoms in total. The number of likely N-dealkylation sites (tertiary alicyclic amines) is 1. The van der Waals surface area contributed by atoms with Crippen molar-refractivity contribution in [1.82, 2.24) is 15.5 Å². The molecule has 1 aliphatic rings. The lowest BCUT2D eigenvalue weighted by atomic mass is 10.1. The fourth-order valence-electron chi connectivity index (χ4n) is 2.57. The Morgan fingerprint density at radius 1 is 1.27 bits per heavy atom. The predicted octanol–water partition coefficient (Wildman–Crippen LogP) is 1.77. The first kappa shape index (κ1) is 16.2. The van der Waals surface area contributed by atoms with Gasteiger partial charge in [-0.1, -0.05) is 0 Å². The molecule has 0 saturated carbocycles. The molecule has 1 fully saturated rings. The Hall–Kier alpha value is -2.18. The van der Waals surface area contributed by atoms with Crippen LogP contribution in [-0.2, 0) is 11.3 Å². The van der Waals surface area contributed by atoms with E-state index in [1.54, 1.807) is 4.90 Å². The van der Waals surface area contributed by atoms with Gasteiger partial charge in [-0.25, -0.2) is 13.6 Å². The maximum absolute atomic E-state index is 13.1. The SMILES string of the molecule is CC(=O)N[C@H]1CCCN(C(=O)NCc2cc(F)cc(F)c2)C1. The van der Waals surface area contributed by atoms with Crippen LogP contribution in [-0.4, -0.2) is 36.0 Å². The molecule has 0 unspecified atom stereocenters. The van der Waals surface area contributed by atoms with Crippen molar-refractivity contribution in [3.8, 4) is 0 Å². The van der Waals surface area contributed by atoms with Crippen molar-refractivity contribution in [3.63, 3.8) is 0 Å². The van der Waals surface area contributed by atoms with E-state index in [0.29, 0.717) is 18.7 Å². The summed E-state index contributed by atoms with van der Waals surface area (Å²) in [6, 6.07) is 2.79. The molecule has 1 aromatic rings. The Morgan fingerprint density at radius 3 is 2.59 bits per heavy atom. The summed E-state index contributed by atoms with van der Waals surface area (Å²) in [4.78, 5) is 24.7. The zero-order valence-electron chi connectivity index (χ0n) is 12.4. The minimum absolute atomic E-state index is 0.0504. The fraction of sp³-hybridized carbons (Fsp3) is 0.467. The summed E-state index contributed by atoms with van der Waals surface area (Å²) < 4.78 is 26.2. The highest BCUT2D eigenvalue weighted by Gasteiger charge is 2.23. The number of benzene rings is 1. The number of carbonyl (C=O) groups is 2. The van der Waals surface area contributed by atoms with Crippen molar-refractivity contribution in [2.45, 2.75) is 32.4 Å². The van der Waals surface area contributed by atoms with Gasteiger partial charge in [-0.3, -0.25) is 4.79 Å². The molecule has 3 amide bonds. The zero-order chi connectivity index (χ0) is 16.1. The van der Waals surface area contributed by atoms with Crippen LogP contribution in [0.4, 0.5) is 13.6 Å². The van der Waals surface area contributed by atoms with Gasteiger partial charge in [0.25, 0.3) is 0 Å². The molecule has 0 radical (unpaired) electrons. The zero-order valence-corrected chi connectivity index (χ0v) is 12.4. The molecule has 0 aliphatic carbocycles. The number of amides is 3. The molecule has 1 heterocycles. The standard InChI is InChI=1S/C15H19F2N3O2/c1-10(21)19-14-3-2-4-20(9-14)15(22)18-8-11-5-12(16)7-13(17)6-11/h5-7,14H,2-4,8-9H2,1H3,(H,18,22)(H,19,21)/t14-/m0/s1. The minimum Gasteiger partial charge on any atom is -0.352 e. The summed E-state index contributed by atoms with van der Waals surface area (Å²) in [5.41, 5.74) is 0.362. The van der Waals surface area contributed by atoms with Gasteiger partial charge in [-0.05, 0) is 30.5 Å². The molecule has 22 heavy (non-hydrogen) atoms. The van der Waals surface area contributed by atoms with E-state index < -0.39 is 11.6 Å². The van der Waals surface area contributed by atoms with Crippen molar-refractivity contribution in [2.24, 2.45) is 0 Å². The maximum atomic E-state index is 13.1. The largest absolute Gasteiger partial charge is 0.352 e. The van der Waals surface area contributed by atoms with Crippen LogP contribution in [0.25, 0.3) is 0 Å². The summed E-state index contributed by atoms with van der Waals surface area (Å²) in [5.74, 6) is -1.47. The van der Waals surface area contributed by atoms with Crippen LogP contribution in [0.2, 0.25) is 0 Å². The first-order valence-electron chi connectivity index (χ1n) is 7.19. The van der Waals surface area contributed by atoms with Crippen molar-refractivity contribution >= 4 is 11.9 Å². The molecule has 1 atom stereocenters. The number of nitrogens with zero attached hydrogens (tertiary/aromatic N) is 1. The number of urea groups is 1. The quantitative estimate of drug-likeness (QED) is 0.894. The Morgan fingerprint density at radius 2 is 1.95 bits per heavy atom. The van der Waals surface area contributed by atoms with Crippen LogP contribution >= 0.6 is 0 Å². The molecule has 2 N–H and O–H groups in total. The molecule has 120 valence electrons. The summed E-state index contributed by atoms with van der Waals surface area (Å²) in [6.07, 6.45) is 1.63. The number of carbonyl (C=O) groups excluding carboxylic acids is 2. The number of nitrogens with one attached hydrogen (secondary N) is 2. The van der Waals surface area contributed by atoms with Gasteiger partial charge < -0.3 is 15.5 Å². The van der Waals surface area contributed by atoms with Crippen LogP contribution in [0.3, 0.4) is 0 Å². The number of piperidine rings is 1. The molecular weight excluding hydrogens is 292 g/mol. The highest BCUT2D eigenvalue weighted by atomic mass is 19.1. The first-order chi connectivity index (χ1) is 10.4. The number of hydrogen-bond acceptors (Lipinski definition) is 2. The maximum Gasteiger partial charge on any atom is 0.317 e. The highest BCUT2D eigenvalue weighted by molar-refractivity contribution is 5.75. The molecule has 0 bridgehead atoms. The second-order valence-corrected chi connectivity index (χ2v) is 5.42. The Bertz CT molecular complexity index is 545. The Labute approximate surface area is 127 Å². The molecular formula is C15H19F2N3O2. The number of rotatable bonds is 3. The fourth-order valence-corrected chi connectivity index (χ4v) is 2.57. The second-order valence-electron chi connectivity index (χ2n) is 5.42. The third kappa shape index (κ3) is 4.68. The summed E-state index contributed by atoms with van der Waals surface area (Å²) in [6.45, 7) is 2.52. The molecule has 0 aromatic heterocycles. The number of halogens is 2. The lowest BCUT2D eigenvalue weighted by Gasteiger charge is -2.33. The summed E-state index contributed by atoms with van der Waals surface area (Å²) in [7, 11) is 0. The number of hydrogen-bond donors (Lipinski definition) is 2. The molecule has 1 saturated heterocycles. The van der Waals surface area contributed by atoms with Crippen LogP contribution in [0.15, 0.2) is 18.2 Å². The van der Waals surface area contributed by atoms with Crippen molar-refractivity contribution in [2.75, 3.05) is 13.1 Å². The predicted molar refractivity (Wildman–Crippen MR) is 77.0 cm³/mol. The molecule has 7 heteroatoms. The van der Waals surface area contributed by atoms with Crippen LogP contribution < -0.4 is 10.6 Å². The van der Waals surface area contributed by atoms with E-state index in [0.717, 1.165) is 18.9 Å². The van der Waals surface area contributed by atoms with Crippen LogP contribution in [0.5, 0.6) is 0 Å². The van der Waals surface area contributed by atoms with Gasteiger partial charge >= 0.3 is 6.03 Å². The van der Waals surface area contributed by atoms with Crippen molar-refractivity contribution in [1.29, 1.82) is 0 Å². The van der Waals surface area contributed by atoms with E-state index >= 15 is 0 Å². The molecule has 0 spiro atoms. The van der Waals surface area contributed by atoms with Gasteiger partial charge in [0.05, 0.1) is 0 Å². The van der Waals surface area contributed by atoms with E-state index in [4.69, 9.17) is 0 Å². The van der Waals surface area contributed by atoms with Crippen LogP contribution in [0.1, 0.15) is 25.3 Å². The Balaban J connectivity index is 1.87. The molecule has 1 aliphatic heterocycles. The van der Waals surface area contributed by atoms with E-state index in [2.05, 4.69) is 10.6 Å². The highest BCUT2D eigenvalue weighted by Crippen LogP contribution is 2.11. The minimum atomic E-state index is -0.673. The van der Waals surface area contributed by atoms with Crippen molar-refractivity contribution in [3.05, 3.63) is 35.4 Å². The lowest BCUT2D eigenvalue weighted by molar-refractivity contribution is -0.119. The van der Waals surface area contributed by atoms with E-state index in [1.807, 2.05) is 0 Å². The van der Waals surface area contributed by atoms with Gasteiger partial charge in [0, 0.05) is 38.7 Å². The van der Waals surface area contributed by atoms with E-state index in [1.165, 1.54) is 19.1 Å². The first-order valence-corrected chi connectivity index (χ1v) is 7.19. The lowest BCUT2D eigenvalue weighted by Crippen LogP contribution is -2.51. The summed E-state index contributed by atoms with van der Waals surface area (Å²) >= 11 is 0. The smallest absolute Gasteiger partial charge is 0.317 e. The third-order valence-electron chi connectivity index (χ3n) is 3.48. The Kier molecular flexibility index (Phi) is 5.30. The topological polar surface area (TPSA) is 61.4 Å². The molecule has 2 rings (SSSR count). The summed E-state index contributed by atoms with van der Waals surface area (Å²) in [5, 5.41) is 5.43. The van der Waals surface area contributed by atoms with Gasteiger partial charge in [-0.2, -0.15) is 0 Å². The van der Waals surface area contributed by atoms with Gasteiger partial charge in [0.15, 0.2) is 0 Å². The van der Waals surface area contributed by atoms with Gasteiger partial charge in [0.1, 0.15) is 11.6 Å². The monoisotopic (exact) mass is 311 g/mol. The average Bonchev–Trinajstić information content (AvgIpc) is 2.43. The second kappa shape index (κ2) is 7.20. The van der Waals surface area contributed by atoms with Gasteiger partial charge in [-0.15, -0.1) is 0 Å². The van der Waals surface area contributed by atoms with Gasteiger partial charge in [0.2, 0.25) is 5.91 Å². The normalized spacial score (nSPS) is 18.0. The van der Waals surface area contributed by atoms with E-state index in [-0.39, 0.29) is 24.5 Å². The van der Waals surface area contributed by atoms with Crippen LogP contribution in [0, 0.1) is 11.6 Å².